The number of carbonyl (C=O) groups is 1. The lowest BCUT2D eigenvalue weighted by Gasteiger charge is -2.49. The zero-order chi connectivity index (χ0) is 14.0. The van der Waals surface area contributed by atoms with E-state index in [4.69, 9.17) is 9.52 Å². The summed E-state index contributed by atoms with van der Waals surface area (Å²) < 4.78 is 5.29. The SMILES string of the molecule is CN(Cc1cc(C(=O)O)co1)CC1(N(C)C)CCC1. The van der Waals surface area contributed by atoms with Crippen molar-refractivity contribution >= 4 is 5.97 Å². The van der Waals surface area contributed by atoms with Crippen molar-refractivity contribution in [1.82, 2.24) is 9.80 Å². The normalized spacial score (nSPS) is 17.7. The van der Waals surface area contributed by atoms with Gasteiger partial charge in [0.05, 0.1) is 12.1 Å². The number of aromatic carboxylic acids is 1. The fraction of sp³-hybridized carbons (Fsp3) is 0.643. The second-order valence-electron chi connectivity index (χ2n) is 5.75. The molecule has 1 saturated carbocycles. The first-order valence-electron chi connectivity index (χ1n) is 6.60. The summed E-state index contributed by atoms with van der Waals surface area (Å²) in [5, 5.41) is 8.86. The topological polar surface area (TPSA) is 56.9 Å². The van der Waals surface area contributed by atoms with E-state index in [0.717, 1.165) is 6.54 Å². The molecule has 19 heavy (non-hydrogen) atoms. The Morgan fingerprint density at radius 1 is 1.42 bits per heavy atom. The summed E-state index contributed by atoms with van der Waals surface area (Å²) in [6.07, 6.45) is 5.04. The van der Waals surface area contributed by atoms with Crippen LogP contribution in [0, 0.1) is 0 Å². The largest absolute Gasteiger partial charge is 0.478 e. The summed E-state index contributed by atoms with van der Waals surface area (Å²) in [6, 6.07) is 1.60. The van der Waals surface area contributed by atoms with Crippen LogP contribution in [0.1, 0.15) is 35.4 Å². The Kier molecular flexibility index (Phi) is 3.96. The molecule has 0 spiro atoms. The van der Waals surface area contributed by atoms with Crippen molar-refractivity contribution in [2.75, 3.05) is 27.7 Å². The van der Waals surface area contributed by atoms with E-state index in [1.165, 1.54) is 25.5 Å². The molecule has 1 aliphatic carbocycles. The van der Waals surface area contributed by atoms with Crippen LogP contribution in [0.2, 0.25) is 0 Å². The van der Waals surface area contributed by atoms with E-state index in [1.807, 2.05) is 7.05 Å². The summed E-state index contributed by atoms with van der Waals surface area (Å²) in [4.78, 5) is 15.3. The van der Waals surface area contributed by atoms with Gasteiger partial charge in [0.15, 0.2) is 0 Å². The van der Waals surface area contributed by atoms with Gasteiger partial charge in [0.1, 0.15) is 12.0 Å². The van der Waals surface area contributed by atoms with Gasteiger partial charge >= 0.3 is 5.97 Å². The molecule has 0 bridgehead atoms. The summed E-state index contributed by atoms with van der Waals surface area (Å²) in [5.41, 5.74) is 0.492. The molecule has 106 valence electrons. The average Bonchev–Trinajstić information content (AvgIpc) is 2.71. The molecule has 0 saturated heterocycles. The number of hydrogen-bond acceptors (Lipinski definition) is 4. The van der Waals surface area contributed by atoms with Crippen molar-refractivity contribution in [1.29, 1.82) is 0 Å². The Balaban J connectivity index is 1.93. The maximum atomic E-state index is 10.8. The van der Waals surface area contributed by atoms with Crippen molar-refractivity contribution < 1.29 is 14.3 Å². The Bertz CT molecular complexity index is 449. The number of carboxylic acids is 1. The predicted octanol–water partition coefficient (Wildman–Crippen LogP) is 1.89. The smallest absolute Gasteiger partial charge is 0.338 e. The zero-order valence-electron chi connectivity index (χ0n) is 11.8. The highest BCUT2D eigenvalue weighted by Gasteiger charge is 2.39. The number of furan rings is 1. The Labute approximate surface area is 113 Å². The first-order valence-corrected chi connectivity index (χ1v) is 6.60. The average molecular weight is 266 g/mol. The van der Waals surface area contributed by atoms with E-state index in [-0.39, 0.29) is 11.1 Å². The van der Waals surface area contributed by atoms with Crippen molar-refractivity contribution in [3.05, 3.63) is 23.7 Å². The second-order valence-corrected chi connectivity index (χ2v) is 5.75. The maximum absolute atomic E-state index is 10.8. The molecule has 1 aromatic heterocycles. The first-order chi connectivity index (χ1) is 8.93. The molecular formula is C14H22N2O3. The van der Waals surface area contributed by atoms with E-state index in [1.54, 1.807) is 6.07 Å². The van der Waals surface area contributed by atoms with Crippen molar-refractivity contribution in [2.24, 2.45) is 0 Å². The third-order valence-corrected chi connectivity index (χ3v) is 4.12. The van der Waals surface area contributed by atoms with Gasteiger partial charge in [-0.3, -0.25) is 4.90 Å². The fourth-order valence-electron chi connectivity index (χ4n) is 2.73. The van der Waals surface area contributed by atoms with E-state index < -0.39 is 5.97 Å². The van der Waals surface area contributed by atoms with E-state index in [0.29, 0.717) is 12.3 Å². The zero-order valence-corrected chi connectivity index (χ0v) is 11.8. The van der Waals surface area contributed by atoms with Crippen molar-refractivity contribution in [2.45, 2.75) is 31.3 Å². The Morgan fingerprint density at radius 3 is 2.53 bits per heavy atom. The van der Waals surface area contributed by atoms with Crippen molar-refractivity contribution in [3.8, 4) is 0 Å². The molecular weight excluding hydrogens is 244 g/mol. The summed E-state index contributed by atoms with van der Waals surface area (Å²) in [7, 11) is 6.30. The molecule has 0 aliphatic heterocycles. The quantitative estimate of drug-likeness (QED) is 0.852. The second kappa shape index (κ2) is 5.35. The first kappa shape index (κ1) is 14.1. The molecule has 0 radical (unpaired) electrons. The van der Waals surface area contributed by atoms with Gasteiger partial charge in [-0.2, -0.15) is 0 Å². The molecule has 5 heteroatoms. The van der Waals surface area contributed by atoms with Gasteiger partial charge in [-0.05, 0) is 46.5 Å². The minimum atomic E-state index is -0.943. The van der Waals surface area contributed by atoms with Crippen LogP contribution >= 0.6 is 0 Å². The monoisotopic (exact) mass is 266 g/mol. The molecule has 1 N–H and O–H groups in total. The molecule has 1 fully saturated rings. The summed E-state index contributed by atoms with van der Waals surface area (Å²) >= 11 is 0. The Hall–Kier alpha value is -1.33. The molecule has 1 aromatic rings. The van der Waals surface area contributed by atoms with Gasteiger partial charge in [-0.1, -0.05) is 0 Å². The molecule has 1 heterocycles. The van der Waals surface area contributed by atoms with Gasteiger partial charge < -0.3 is 14.4 Å². The van der Waals surface area contributed by atoms with Gasteiger partial charge in [0.2, 0.25) is 0 Å². The highest BCUT2D eigenvalue weighted by Crippen LogP contribution is 2.36. The molecule has 0 atom stereocenters. The van der Waals surface area contributed by atoms with Gasteiger partial charge in [-0.15, -0.1) is 0 Å². The van der Waals surface area contributed by atoms with Gasteiger partial charge in [0, 0.05) is 12.1 Å². The molecule has 0 aromatic carbocycles. The molecule has 5 nitrogen and oxygen atoms in total. The highest BCUT2D eigenvalue weighted by molar-refractivity contribution is 5.87. The van der Waals surface area contributed by atoms with E-state index in [2.05, 4.69) is 23.9 Å². The van der Waals surface area contributed by atoms with Crippen LogP contribution in [-0.4, -0.2) is 54.1 Å². The van der Waals surface area contributed by atoms with Crippen LogP contribution in [0.15, 0.2) is 16.7 Å². The molecule has 2 rings (SSSR count). The minimum Gasteiger partial charge on any atom is -0.478 e. The highest BCUT2D eigenvalue weighted by atomic mass is 16.4. The molecule has 0 unspecified atom stereocenters. The minimum absolute atomic E-state index is 0.217. The lowest BCUT2D eigenvalue weighted by molar-refractivity contribution is 0.0244. The van der Waals surface area contributed by atoms with Crippen LogP contribution in [-0.2, 0) is 6.54 Å². The molecule has 0 amide bonds. The standard InChI is InChI=1S/C14H22N2O3/c1-15(2)14(5-4-6-14)10-16(3)8-12-7-11(9-19-12)13(17)18/h7,9H,4-6,8,10H2,1-3H3,(H,17,18). The van der Waals surface area contributed by atoms with Crippen LogP contribution in [0.3, 0.4) is 0 Å². The number of hydrogen-bond donors (Lipinski definition) is 1. The summed E-state index contributed by atoms with van der Waals surface area (Å²) in [5.74, 6) is -0.241. The third kappa shape index (κ3) is 2.98. The van der Waals surface area contributed by atoms with Gasteiger partial charge in [-0.25, -0.2) is 4.79 Å². The fourth-order valence-corrected chi connectivity index (χ4v) is 2.73. The van der Waals surface area contributed by atoms with Crippen LogP contribution in [0.25, 0.3) is 0 Å². The number of likely N-dealkylation sites (N-methyl/N-ethyl adjacent to an activating group) is 2. The number of carboxylic acid groups (broad SMARTS) is 1. The number of rotatable bonds is 6. The van der Waals surface area contributed by atoms with Crippen molar-refractivity contribution in [3.63, 3.8) is 0 Å². The van der Waals surface area contributed by atoms with Crippen LogP contribution < -0.4 is 0 Å². The lowest BCUT2D eigenvalue weighted by atomic mass is 9.75. The predicted molar refractivity (Wildman–Crippen MR) is 72.3 cm³/mol. The summed E-state index contributed by atoms with van der Waals surface area (Å²) in [6.45, 7) is 1.62. The number of nitrogens with zero attached hydrogens (tertiary/aromatic N) is 2. The Morgan fingerprint density at radius 2 is 2.11 bits per heavy atom. The van der Waals surface area contributed by atoms with E-state index >= 15 is 0 Å². The maximum Gasteiger partial charge on any atom is 0.338 e. The third-order valence-electron chi connectivity index (χ3n) is 4.12. The lowest BCUT2D eigenvalue weighted by Crippen LogP contribution is -2.56. The van der Waals surface area contributed by atoms with Crippen LogP contribution in [0.5, 0.6) is 0 Å². The van der Waals surface area contributed by atoms with Gasteiger partial charge in [0.25, 0.3) is 0 Å². The van der Waals surface area contributed by atoms with Crippen LogP contribution in [0.4, 0.5) is 0 Å². The van der Waals surface area contributed by atoms with E-state index in [9.17, 15) is 4.79 Å². The molecule has 1 aliphatic rings.